The molecule has 0 aromatic heterocycles. The van der Waals surface area contributed by atoms with Crippen LogP contribution in [-0.2, 0) is 4.79 Å². The van der Waals surface area contributed by atoms with Crippen molar-refractivity contribution in [1.29, 1.82) is 0 Å². The van der Waals surface area contributed by atoms with E-state index in [1.54, 1.807) is 0 Å². The van der Waals surface area contributed by atoms with Gasteiger partial charge in [0.15, 0.2) is 10.9 Å². The van der Waals surface area contributed by atoms with Crippen molar-refractivity contribution in [2.45, 2.75) is 0 Å². The molecule has 1 aromatic rings. The first-order chi connectivity index (χ1) is 7.97. The van der Waals surface area contributed by atoms with Crippen molar-refractivity contribution >= 4 is 52.5 Å². The average Bonchev–Trinajstić information content (AvgIpc) is 2.54. The van der Waals surface area contributed by atoms with Gasteiger partial charge in [0, 0.05) is 0 Å². The van der Waals surface area contributed by atoms with E-state index in [2.05, 4.69) is 10.6 Å². The van der Waals surface area contributed by atoms with E-state index in [0.717, 1.165) is 0 Å². The van der Waals surface area contributed by atoms with Crippen molar-refractivity contribution in [1.82, 2.24) is 10.6 Å². The highest BCUT2D eigenvalue weighted by Crippen LogP contribution is 2.33. The molecule has 0 spiro atoms. The summed E-state index contributed by atoms with van der Waals surface area (Å²) < 4.78 is 0. The Labute approximate surface area is 112 Å². The van der Waals surface area contributed by atoms with Crippen molar-refractivity contribution in [2.24, 2.45) is 0 Å². The molecule has 0 unspecified atom stereocenters. The lowest BCUT2D eigenvalue weighted by atomic mass is 10.2. The number of carbonyl (C=O) groups excluding carboxylic acids is 1. The standard InChI is InChI=1S/C10H6Cl2N2O2S/c11-5-1-4(2-6(12)8(5)15)3-7-9(16)14-10(17)13-7/h1-3,15H,(H2,13,14,16,17)/b7-3+. The molecule has 4 nitrogen and oxygen atoms in total. The van der Waals surface area contributed by atoms with Crippen LogP contribution < -0.4 is 10.6 Å². The summed E-state index contributed by atoms with van der Waals surface area (Å²) in [5.74, 6) is -0.509. The highest BCUT2D eigenvalue weighted by molar-refractivity contribution is 7.80. The number of hydrogen-bond donors (Lipinski definition) is 3. The molecule has 0 radical (unpaired) electrons. The summed E-state index contributed by atoms with van der Waals surface area (Å²) in [6.45, 7) is 0. The number of aromatic hydroxyl groups is 1. The number of rotatable bonds is 1. The third kappa shape index (κ3) is 2.52. The van der Waals surface area contributed by atoms with Crippen LogP contribution in [-0.4, -0.2) is 16.1 Å². The van der Waals surface area contributed by atoms with Crippen molar-refractivity contribution in [2.75, 3.05) is 0 Å². The Kier molecular flexibility index (Phi) is 3.24. The summed E-state index contributed by atoms with van der Waals surface area (Å²) in [7, 11) is 0. The molecule has 7 heteroatoms. The number of nitrogens with one attached hydrogen (secondary N) is 2. The van der Waals surface area contributed by atoms with Gasteiger partial charge in [0.05, 0.1) is 10.0 Å². The van der Waals surface area contributed by atoms with Crippen LogP contribution in [0.3, 0.4) is 0 Å². The maximum atomic E-state index is 11.4. The quantitative estimate of drug-likeness (QED) is 0.547. The number of thiocarbonyl (C=S) groups is 1. The van der Waals surface area contributed by atoms with E-state index in [1.807, 2.05) is 0 Å². The molecule has 0 bridgehead atoms. The van der Waals surface area contributed by atoms with Gasteiger partial charge in [0.1, 0.15) is 5.70 Å². The van der Waals surface area contributed by atoms with Crippen LogP contribution in [0.15, 0.2) is 17.8 Å². The normalized spacial score (nSPS) is 17.2. The second kappa shape index (κ2) is 4.52. The number of carbonyl (C=O) groups is 1. The first kappa shape index (κ1) is 12.2. The molecule has 2 rings (SSSR count). The molecule has 1 aliphatic heterocycles. The lowest BCUT2D eigenvalue weighted by molar-refractivity contribution is -0.115. The van der Waals surface area contributed by atoms with Gasteiger partial charge in [0.2, 0.25) is 0 Å². The maximum Gasteiger partial charge on any atom is 0.273 e. The molecule has 0 atom stereocenters. The molecule has 0 aliphatic carbocycles. The fourth-order valence-electron chi connectivity index (χ4n) is 1.32. The molecule has 88 valence electrons. The molecular formula is C10H6Cl2N2O2S. The molecule has 0 saturated carbocycles. The van der Waals surface area contributed by atoms with Crippen LogP contribution in [0.4, 0.5) is 0 Å². The molecule has 3 N–H and O–H groups in total. The minimum absolute atomic E-state index is 0.116. The smallest absolute Gasteiger partial charge is 0.273 e. The number of amides is 1. The van der Waals surface area contributed by atoms with Gasteiger partial charge >= 0.3 is 0 Å². The predicted octanol–water partition coefficient (Wildman–Crippen LogP) is 2.04. The van der Waals surface area contributed by atoms with E-state index in [0.29, 0.717) is 11.3 Å². The Morgan fingerprint density at radius 3 is 2.29 bits per heavy atom. The van der Waals surface area contributed by atoms with Crippen LogP contribution >= 0.6 is 35.4 Å². The lowest BCUT2D eigenvalue weighted by Crippen LogP contribution is -2.21. The lowest BCUT2D eigenvalue weighted by Gasteiger charge is -2.02. The largest absolute Gasteiger partial charge is 0.505 e. The van der Waals surface area contributed by atoms with E-state index in [1.165, 1.54) is 18.2 Å². The van der Waals surface area contributed by atoms with Gasteiger partial charge < -0.3 is 10.4 Å². The Morgan fingerprint density at radius 1 is 1.24 bits per heavy atom. The average molecular weight is 289 g/mol. The Bertz CT molecular complexity index is 534. The third-order valence-electron chi connectivity index (χ3n) is 2.07. The zero-order chi connectivity index (χ0) is 12.6. The minimum Gasteiger partial charge on any atom is -0.505 e. The summed E-state index contributed by atoms with van der Waals surface area (Å²) in [4.78, 5) is 11.4. The van der Waals surface area contributed by atoms with Crippen molar-refractivity contribution in [3.8, 4) is 5.75 Å². The van der Waals surface area contributed by atoms with Gasteiger partial charge in [-0.1, -0.05) is 23.2 Å². The van der Waals surface area contributed by atoms with E-state index in [4.69, 9.17) is 35.4 Å². The number of benzene rings is 1. The van der Waals surface area contributed by atoms with Crippen molar-refractivity contribution in [3.05, 3.63) is 33.4 Å². The number of phenols is 1. The van der Waals surface area contributed by atoms with Crippen molar-refractivity contribution < 1.29 is 9.90 Å². The Hall–Kier alpha value is -1.30. The molecule has 1 amide bonds. The van der Waals surface area contributed by atoms with E-state index >= 15 is 0 Å². The van der Waals surface area contributed by atoms with E-state index in [-0.39, 0.29) is 26.8 Å². The van der Waals surface area contributed by atoms with Gasteiger partial charge in [-0.2, -0.15) is 0 Å². The first-order valence-electron chi connectivity index (χ1n) is 4.49. The number of halogens is 2. The van der Waals surface area contributed by atoms with Crippen molar-refractivity contribution in [3.63, 3.8) is 0 Å². The zero-order valence-electron chi connectivity index (χ0n) is 8.25. The predicted molar refractivity (Wildman–Crippen MR) is 70.0 cm³/mol. The second-order valence-corrected chi connectivity index (χ2v) is 4.52. The third-order valence-corrected chi connectivity index (χ3v) is 2.85. The minimum atomic E-state index is -0.324. The summed E-state index contributed by atoms with van der Waals surface area (Å²) >= 11 is 16.3. The summed E-state index contributed by atoms with van der Waals surface area (Å²) in [6, 6.07) is 2.98. The van der Waals surface area contributed by atoms with Crippen LogP contribution in [0.25, 0.3) is 6.08 Å². The Morgan fingerprint density at radius 2 is 1.82 bits per heavy atom. The fraction of sp³-hybridized carbons (Fsp3) is 0. The molecule has 1 aromatic carbocycles. The highest BCUT2D eigenvalue weighted by atomic mass is 35.5. The van der Waals surface area contributed by atoms with Gasteiger partial charge in [-0.3, -0.25) is 10.1 Å². The van der Waals surface area contributed by atoms with Crippen LogP contribution in [0.1, 0.15) is 5.56 Å². The summed E-state index contributed by atoms with van der Waals surface area (Å²) in [6.07, 6.45) is 1.53. The molecular weight excluding hydrogens is 283 g/mol. The van der Waals surface area contributed by atoms with Crippen LogP contribution in [0, 0.1) is 0 Å². The molecule has 1 aliphatic rings. The van der Waals surface area contributed by atoms with Crippen LogP contribution in [0.2, 0.25) is 10.0 Å². The zero-order valence-corrected chi connectivity index (χ0v) is 10.6. The fourth-order valence-corrected chi connectivity index (χ4v) is 2.02. The molecule has 17 heavy (non-hydrogen) atoms. The SMILES string of the molecule is O=C1NC(=S)N/C1=C/c1cc(Cl)c(O)c(Cl)c1. The maximum absolute atomic E-state index is 11.4. The monoisotopic (exact) mass is 288 g/mol. The molecule has 1 fully saturated rings. The van der Waals surface area contributed by atoms with Gasteiger partial charge in [-0.05, 0) is 36.0 Å². The second-order valence-electron chi connectivity index (χ2n) is 3.30. The molecule has 1 heterocycles. The highest BCUT2D eigenvalue weighted by Gasteiger charge is 2.20. The molecule has 1 saturated heterocycles. The summed E-state index contributed by atoms with van der Waals surface area (Å²) in [5.41, 5.74) is 0.882. The number of phenolic OH excluding ortho intramolecular Hbond substituents is 1. The van der Waals surface area contributed by atoms with E-state index < -0.39 is 0 Å². The van der Waals surface area contributed by atoms with Gasteiger partial charge in [-0.25, -0.2) is 0 Å². The van der Waals surface area contributed by atoms with Gasteiger partial charge in [-0.15, -0.1) is 0 Å². The Balaban J connectivity index is 2.40. The van der Waals surface area contributed by atoms with Crippen LogP contribution in [0.5, 0.6) is 5.75 Å². The number of hydrogen-bond acceptors (Lipinski definition) is 3. The van der Waals surface area contributed by atoms with E-state index in [9.17, 15) is 9.90 Å². The summed E-state index contributed by atoms with van der Waals surface area (Å²) in [5, 5.41) is 15.0. The topological polar surface area (TPSA) is 61.4 Å². The first-order valence-corrected chi connectivity index (χ1v) is 5.66. The van der Waals surface area contributed by atoms with Gasteiger partial charge in [0.25, 0.3) is 5.91 Å².